The molecule has 1 fully saturated rings. The van der Waals surface area contributed by atoms with Gasteiger partial charge in [-0.05, 0) is 50.0 Å². The van der Waals surface area contributed by atoms with Crippen molar-refractivity contribution in [2.45, 2.75) is 39.2 Å². The number of carbonyl (C=O) groups is 1. The van der Waals surface area contributed by atoms with Crippen LogP contribution in [0.15, 0.2) is 18.3 Å². The summed E-state index contributed by atoms with van der Waals surface area (Å²) in [5, 5.41) is 18.4. The van der Waals surface area contributed by atoms with Gasteiger partial charge >= 0.3 is 5.97 Å². The van der Waals surface area contributed by atoms with Crippen molar-refractivity contribution in [2.75, 3.05) is 13.1 Å². The van der Waals surface area contributed by atoms with Crippen molar-refractivity contribution in [3.63, 3.8) is 0 Å². The molecule has 0 radical (unpaired) electrons. The second kappa shape index (κ2) is 6.68. The largest absolute Gasteiger partial charge is 0.481 e. The molecule has 0 aromatic carbocycles. The Morgan fingerprint density at radius 3 is 2.81 bits per heavy atom. The van der Waals surface area contributed by atoms with Gasteiger partial charge in [-0.2, -0.15) is 5.26 Å². The molecule has 0 amide bonds. The third-order valence-corrected chi connectivity index (χ3v) is 4.34. The molecular formula is C16H21N3O2. The van der Waals surface area contributed by atoms with E-state index in [4.69, 9.17) is 5.26 Å². The normalized spacial score (nSPS) is 18.1. The quantitative estimate of drug-likeness (QED) is 0.900. The highest BCUT2D eigenvalue weighted by Crippen LogP contribution is 2.36. The molecule has 21 heavy (non-hydrogen) atoms. The third kappa shape index (κ3) is 3.59. The molecule has 2 rings (SSSR count). The van der Waals surface area contributed by atoms with Crippen LogP contribution in [0.5, 0.6) is 0 Å². The van der Waals surface area contributed by atoms with Gasteiger partial charge in [-0.15, -0.1) is 0 Å². The van der Waals surface area contributed by atoms with E-state index in [1.54, 1.807) is 12.3 Å². The van der Waals surface area contributed by atoms with Crippen LogP contribution in [-0.2, 0) is 11.3 Å². The summed E-state index contributed by atoms with van der Waals surface area (Å²) in [5.74, 6) is -0.653. The van der Waals surface area contributed by atoms with Gasteiger partial charge in [-0.25, -0.2) is 4.98 Å². The molecule has 0 aliphatic carbocycles. The van der Waals surface area contributed by atoms with E-state index in [0.29, 0.717) is 18.5 Å². The smallest absolute Gasteiger partial charge is 0.309 e. The molecule has 2 heterocycles. The number of aliphatic carboxylic acids is 1. The molecule has 5 nitrogen and oxygen atoms in total. The number of carboxylic acid groups (broad SMARTS) is 1. The molecule has 1 aromatic heterocycles. The number of hydrogen-bond donors (Lipinski definition) is 1. The fraction of sp³-hybridized carbons (Fsp3) is 0.562. The van der Waals surface area contributed by atoms with E-state index in [1.165, 1.54) is 0 Å². The molecule has 1 aromatic rings. The Hall–Kier alpha value is -1.93. The summed E-state index contributed by atoms with van der Waals surface area (Å²) in [6.07, 6.45) is 4.71. The fourth-order valence-corrected chi connectivity index (χ4v) is 3.08. The lowest BCUT2D eigenvalue weighted by atomic mass is 9.75. The molecular weight excluding hydrogens is 266 g/mol. The zero-order chi connectivity index (χ0) is 15.3. The summed E-state index contributed by atoms with van der Waals surface area (Å²) in [7, 11) is 0. The van der Waals surface area contributed by atoms with Crippen LogP contribution in [0, 0.1) is 16.7 Å². The number of pyridine rings is 1. The Bertz CT molecular complexity index is 543. The molecule has 5 heteroatoms. The predicted molar refractivity (Wildman–Crippen MR) is 78.4 cm³/mol. The lowest BCUT2D eigenvalue weighted by Crippen LogP contribution is -2.44. The highest BCUT2D eigenvalue weighted by Gasteiger charge is 2.40. The molecule has 0 spiro atoms. The number of aromatic nitrogens is 1. The summed E-state index contributed by atoms with van der Waals surface area (Å²) in [4.78, 5) is 17.8. The second-order valence-corrected chi connectivity index (χ2v) is 5.77. The van der Waals surface area contributed by atoms with Crippen molar-refractivity contribution in [1.82, 2.24) is 9.88 Å². The highest BCUT2D eigenvalue weighted by atomic mass is 16.4. The van der Waals surface area contributed by atoms with Gasteiger partial charge in [0.25, 0.3) is 0 Å². The average Bonchev–Trinajstić information content (AvgIpc) is 2.49. The van der Waals surface area contributed by atoms with Crippen LogP contribution in [0.3, 0.4) is 0 Å². The minimum absolute atomic E-state index is 0.426. The van der Waals surface area contributed by atoms with E-state index < -0.39 is 11.4 Å². The maximum absolute atomic E-state index is 11.6. The number of carboxylic acids is 1. The summed E-state index contributed by atoms with van der Waals surface area (Å²) >= 11 is 0. The molecule has 0 atom stereocenters. The van der Waals surface area contributed by atoms with Gasteiger partial charge in [0.15, 0.2) is 0 Å². The van der Waals surface area contributed by atoms with Crippen molar-refractivity contribution in [3.05, 3.63) is 29.6 Å². The fourth-order valence-electron chi connectivity index (χ4n) is 3.08. The van der Waals surface area contributed by atoms with Crippen LogP contribution in [-0.4, -0.2) is 34.0 Å². The maximum Gasteiger partial charge on any atom is 0.309 e. The van der Waals surface area contributed by atoms with Gasteiger partial charge in [0.05, 0.1) is 5.41 Å². The minimum Gasteiger partial charge on any atom is -0.481 e. The van der Waals surface area contributed by atoms with Crippen LogP contribution in [0.1, 0.15) is 43.9 Å². The van der Waals surface area contributed by atoms with Crippen molar-refractivity contribution < 1.29 is 9.90 Å². The minimum atomic E-state index is -0.653. The van der Waals surface area contributed by atoms with E-state index in [9.17, 15) is 9.90 Å². The summed E-state index contributed by atoms with van der Waals surface area (Å²) in [6.45, 7) is 4.36. The lowest BCUT2D eigenvalue weighted by molar-refractivity contribution is -0.152. The topological polar surface area (TPSA) is 77.2 Å². The SMILES string of the molecule is CCCC1(C(=O)O)CCN(Cc2ccnc(C#N)c2)CC1. The molecule has 1 saturated heterocycles. The first-order valence-corrected chi connectivity index (χ1v) is 7.40. The van der Waals surface area contributed by atoms with Crippen LogP contribution in [0.2, 0.25) is 0 Å². The monoisotopic (exact) mass is 287 g/mol. The average molecular weight is 287 g/mol. The maximum atomic E-state index is 11.6. The van der Waals surface area contributed by atoms with Crippen molar-refractivity contribution >= 4 is 5.97 Å². The van der Waals surface area contributed by atoms with Crippen LogP contribution in [0.4, 0.5) is 0 Å². The standard InChI is InChI=1S/C16H21N3O2/c1-2-4-16(15(20)21)5-8-19(9-6-16)12-13-3-7-18-14(10-13)11-17/h3,7,10H,2,4-6,8-9,12H2,1H3,(H,20,21). The number of piperidine rings is 1. The highest BCUT2D eigenvalue weighted by molar-refractivity contribution is 5.74. The zero-order valence-corrected chi connectivity index (χ0v) is 12.4. The zero-order valence-electron chi connectivity index (χ0n) is 12.4. The molecule has 0 saturated carbocycles. The number of hydrogen-bond acceptors (Lipinski definition) is 4. The van der Waals surface area contributed by atoms with E-state index in [0.717, 1.165) is 38.0 Å². The number of likely N-dealkylation sites (tertiary alicyclic amines) is 1. The third-order valence-electron chi connectivity index (χ3n) is 4.34. The number of nitrogens with zero attached hydrogens (tertiary/aromatic N) is 3. The molecule has 1 N–H and O–H groups in total. The van der Waals surface area contributed by atoms with Crippen LogP contribution < -0.4 is 0 Å². The molecule has 1 aliphatic rings. The summed E-state index contributed by atoms with van der Waals surface area (Å²) in [5.41, 5.74) is 0.941. The van der Waals surface area contributed by atoms with Gasteiger partial charge in [-0.3, -0.25) is 9.69 Å². The van der Waals surface area contributed by atoms with Crippen molar-refractivity contribution in [2.24, 2.45) is 5.41 Å². The first kappa shape index (κ1) is 15.5. The Labute approximate surface area is 125 Å². The van der Waals surface area contributed by atoms with E-state index >= 15 is 0 Å². The number of rotatable bonds is 5. The summed E-state index contributed by atoms with van der Waals surface area (Å²) < 4.78 is 0. The van der Waals surface area contributed by atoms with Gasteiger partial charge < -0.3 is 5.11 Å². The Kier molecular flexibility index (Phi) is 4.92. The lowest BCUT2D eigenvalue weighted by Gasteiger charge is -2.38. The van der Waals surface area contributed by atoms with Crippen molar-refractivity contribution in [3.8, 4) is 6.07 Å². The van der Waals surface area contributed by atoms with Gasteiger partial charge in [0, 0.05) is 12.7 Å². The molecule has 0 bridgehead atoms. The van der Waals surface area contributed by atoms with Crippen molar-refractivity contribution in [1.29, 1.82) is 5.26 Å². The summed E-state index contributed by atoms with van der Waals surface area (Å²) in [6, 6.07) is 5.75. The van der Waals surface area contributed by atoms with E-state index in [2.05, 4.69) is 9.88 Å². The van der Waals surface area contributed by atoms with Crippen LogP contribution >= 0.6 is 0 Å². The van der Waals surface area contributed by atoms with E-state index in [-0.39, 0.29) is 0 Å². The predicted octanol–water partition coefficient (Wildman–Crippen LogP) is 2.42. The Morgan fingerprint density at radius 1 is 1.52 bits per heavy atom. The molecule has 112 valence electrons. The number of nitriles is 1. The second-order valence-electron chi connectivity index (χ2n) is 5.77. The Morgan fingerprint density at radius 2 is 2.24 bits per heavy atom. The Balaban J connectivity index is 1.97. The van der Waals surface area contributed by atoms with Gasteiger partial charge in [-0.1, -0.05) is 13.3 Å². The van der Waals surface area contributed by atoms with E-state index in [1.807, 2.05) is 19.1 Å². The van der Waals surface area contributed by atoms with Crippen LogP contribution in [0.25, 0.3) is 0 Å². The molecule has 0 unspecified atom stereocenters. The first-order valence-electron chi connectivity index (χ1n) is 7.40. The van der Waals surface area contributed by atoms with Gasteiger partial charge in [0.1, 0.15) is 11.8 Å². The van der Waals surface area contributed by atoms with Gasteiger partial charge in [0.2, 0.25) is 0 Å². The first-order chi connectivity index (χ1) is 10.1. The molecule has 1 aliphatic heterocycles.